The minimum atomic E-state index is -1.05. The highest BCUT2D eigenvalue weighted by atomic mass is 32.2. The molecule has 0 aliphatic heterocycles. The fourth-order valence-electron chi connectivity index (χ4n) is 1.54. The van der Waals surface area contributed by atoms with E-state index in [-0.39, 0.29) is 5.76 Å². The van der Waals surface area contributed by atoms with Gasteiger partial charge in [0.2, 0.25) is 5.76 Å². The molecular formula is C13H13NO3S. The first-order valence-corrected chi connectivity index (χ1v) is 6.36. The number of nitrogens with two attached hydrogens (primary N) is 1. The predicted molar refractivity (Wildman–Crippen MR) is 70.8 cm³/mol. The Labute approximate surface area is 109 Å². The zero-order valence-corrected chi connectivity index (χ0v) is 10.7. The number of carbonyl (C=O) groups is 1. The van der Waals surface area contributed by atoms with E-state index in [1.54, 1.807) is 24.8 Å². The van der Waals surface area contributed by atoms with E-state index >= 15 is 0 Å². The summed E-state index contributed by atoms with van der Waals surface area (Å²) in [6.07, 6.45) is 0. The van der Waals surface area contributed by atoms with Crippen molar-refractivity contribution in [2.75, 3.05) is 5.73 Å². The van der Waals surface area contributed by atoms with Gasteiger partial charge in [-0.05, 0) is 25.1 Å². The van der Waals surface area contributed by atoms with Crippen molar-refractivity contribution >= 4 is 23.4 Å². The number of benzene rings is 1. The summed E-state index contributed by atoms with van der Waals surface area (Å²) in [7, 11) is 0. The molecule has 2 rings (SSSR count). The van der Waals surface area contributed by atoms with Crippen LogP contribution in [0.25, 0.3) is 0 Å². The Hall–Kier alpha value is -1.88. The molecule has 94 valence electrons. The molecule has 3 N–H and O–H groups in total. The van der Waals surface area contributed by atoms with Crippen molar-refractivity contribution in [3.05, 3.63) is 47.4 Å². The number of aromatic carboxylic acids is 1. The number of furan rings is 1. The molecule has 1 heterocycles. The number of carboxylic acids is 1. The molecule has 0 saturated heterocycles. The van der Waals surface area contributed by atoms with E-state index in [0.29, 0.717) is 11.5 Å². The number of aryl methyl sites for hydroxylation is 1. The summed E-state index contributed by atoms with van der Waals surface area (Å²) < 4.78 is 5.15. The van der Waals surface area contributed by atoms with Crippen LogP contribution in [0.5, 0.6) is 0 Å². The second-order valence-corrected chi connectivity index (χ2v) is 4.84. The second kappa shape index (κ2) is 5.18. The number of para-hydroxylation sites is 1. The summed E-state index contributed by atoms with van der Waals surface area (Å²) in [4.78, 5) is 11.8. The van der Waals surface area contributed by atoms with Gasteiger partial charge in [-0.15, -0.1) is 11.8 Å². The van der Waals surface area contributed by atoms with Crippen LogP contribution >= 0.6 is 11.8 Å². The minimum absolute atomic E-state index is 0.0240. The maximum Gasteiger partial charge on any atom is 0.371 e. The number of rotatable bonds is 4. The lowest BCUT2D eigenvalue weighted by Gasteiger charge is -2.03. The van der Waals surface area contributed by atoms with Gasteiger partial charge >= 0.3 is 5.97 Å². The molecule has 0 amide bonds. The second-order valence-electron chi connectivity index (χ2n) is 3.82. The van der Waals surface area contributed by atoms with E-state index in [1.807, 2.05) is 24.3 Å². The van der Waals surface area contributed by atoms with Gasteiger partial charge in [-0.1, -0.05) is 12.1 Å². The van der Waals surface area contributed by atoms with Crippen LogP contribution in [0.15, 0.2) is 39.6 Å². The van der Waals surface area contributed by atoms with Crippen molar-refractivity contribution in [1.82, 2.24) is 0 Å². The first-order chi connectivity index (χ1) is 8.58. The molecular weight excluding hydrogens is 250 g/mol. The SMILES string of the molecule is Cc1oc(C(=O)O)cc1CSc1ccccc1N. The lowest BCUT2D eigenvalue weighted by Crippen LogP contribution is -1.91. The fraction of sp³-hybridized carbons (Fsp3) is 0.154. The van der Waals surface area contributed by atoms with E-state index in [0.717, 1.165) is 16.1 Å². The lowest BCUT2D eigenvalue weighted by atomic mass is 10.3. The summed E-state index contributed by atoms with van der Waals surface area (Å²) >= 11 is 1.56. The van der Waals surface area contributed by atoms with Crippen molar-refractivity contribution in [2.24, 2.45) is 0 Å². The van der Waals surface area contributed by atoms with Gasteiger partial charge in [0.15, 0.2) is 0 Å². The van der Waals surface area contributed by atoms with Gasteiger partial charge in [-0.2, -0.15) is 0 Å². The van der Waals surface area contributed by atoms with Gasteiger partial charge in [0, 0.05) is 21.9 Å². The summed E-state index contributed by atoms with van der Waals surface area (Å²) in [5.41, 5.74) is 7.44. The maximum absolute atomic E-state index is 10.8. The van der Waals surface area contributed by atoms with Gasteiger partial charge in [0.25, 0.3) is 0 Å². The number of nitrogen functional groups attached to an aromatic ring is 1. The van der Waals surface area contributed by atoms with E-state index in [4.69, 9.17) is 15.3 Å². The molecule has 0 fully saturated rings. The zero-order chi connectivity index (χ0) is 13.1. The van der Waals surface area contributed by atoms with E-state index < -0.39 is 5.97 Å². The smallest absolute Gasteiger partial charge is 0.371 e. The highest BCUT2D eigenvalue weighted by Crippen LogP contribution is 2.29. The maximum atomic E-state index is 10.8. The van der Waals surface area contributed by atoms with Crippen LogP contribution in [-0.4, -0.2) is 11.1 Å². The third kappa shape index (κ3) is 2.68. The normalized spacial score (nSPS) is 10.5. The molecule has 5 heteroatoms. The molecule has 1 aromatic carbocycles. The lowest BCUT2D eigenvalue weighted by molar-refractivity contribution is 0.0661. The third-order valence-corrected chi connectivity index (χ3v) is 3.67. The molecule has 0 bridgehead atoms. The summed E-state index contributed by atoms with van der Waals surface area (Å²) in [6.45, 7) is 1.76. The monoisotopic (exact) mass is 263 g/mol. The first-order valence-electron chi connectivity index (χ1n) is 5.38. The molecule has 0 saturated carbocycles. The topological polar surface area (TPSA) is 76.5 Å². The molecule has 0 unspecified atom stereocenters. The Bertz CT molecular complexity index is 577. The Morgan fingerprint density at radius 3 is 2.78 bits per heavy atom. The van der Waals surface area contributed by atoms with Gasteiger partial charge in [0.05, 0.1) is 0 Å². The molecule has 0 aliphatic rings. The Balaban J connectivity index is 2.11. The van der Waals surface area contributed by atoms with Crippen molar-refractivity contribution in [3.63, 3.8) is 0 Å². The van der Waals surface area contributed by atoms with Crippen LogP contribution in [-0.2, 0) is 5.75 Å². The standard InChI is InChI=1S/C13H13NO3S/c1-8-9(6-11(17-8)13(15)16)7-18-12-5-3-2-4-10(12)14/h2-6H,7,14H2,1H3,(H,15,16). The van der Waals surface area contributed by atoms with Crippen LogP contribution in [0.2, 0.25) is 0 Å². The number of thioether (sulfide) groups is 1. The minimum Gasteiger partial charge on any atom is -0.475 e. The number of hydrogen-bond donors (Lipinski definition) is 2. The quantitative estimate of drug-likeness (QED) is 0.654. The van der Waals surface area contributed by atoms with Crippen molar-refractivity contribution < 1.29 is 14.3 Å². The highest BCUT2D eigenvalue weighted by Gasteiger charge is 2.13. The molecule has 4 nitrogen and oxygen atoms in total. The summed E-state index contributed by atoms with van der Waals surface area (Å²) in [5, 5.41) is 8.83. The van der Waals surface area contributed by atoms with E-state index in [9.17, 15) is 4.79 Å². The summed E-state index contributed by atoms with van der Waals surface area (Å²) in [5.74, 6) is 0.198. The van der Waals surface area contributed by atoms with Crippen molar-refractivity contribution in [3.8, 4) is 0 Å². The number of anilines is 1. The number of hydrogen-bond acceptors (Lipinski definition) is 4. The van der Waals surface area contributed by atoms with Crippen molar-refractivity contribution in [2.45, 2.75) is 17.6 Å². The molecule has 0 spiro atoms. The molecule has 18 heavy (non-hydrogen) atoms. The molecule has 2 aromatic rings. The van der Waals surface area contributed by atoms with E-state index in [1.165, 1.54) is 0 Å². The highest BCUT2D eigenvalue weighted by molar-refractivity contribution is 7.98. The van der Waals surface area contributed by atoms with Crippen molar-refractivity contribution in [1.29, 1.82) is 0 Å². The fourth-order valence-corrected chi connectivity index (χ4v) is 2.54. The molecule has 0 atom stereocenters. The Morgan fingerprint density at radius 1 is 1.44 bits per heavy atom. The average Bonchev–Trinajstić information content (AvgIpc) is 2.70. The Kier molecular flexibility index (Phi) is 3.62. The van der Waals surface area contributed by atoms with E-state index in [2.05, 4.69) is 0 Å². The summed E-state index contributed by atoms with van der Waals surface area (Å²) in [6, 6.07) is 9.14. The molecule has 0 radical (unpaired) electrons. The van der Waals surface area contributed by atoms with Gasteiger partial charge < -0.3 is 15.3 Å². The van der Waals surface area contributed by atoms with Crippen LogP contribution < -0.4 is 5.73 Å². The van der Waals surface area contributed by atoms with Gasteiger partial charge in [-0.3, -0.25) is 0 Å². The average molecular weight is 263 g/mol. The predicted octanol–water partition coefficient (Wildman–Crippen LogP) is 3.16. The Morgan fingerprint density at radius 2 is 2.17 bits per heavy atom. The zero-order valence-electron chi connectivity index (χ0n) is 9.84. The van der Waals surface area contributed by atoms with Crippen LogP contribution in [0, 0.1) is 6.92 Å². The third-order valence-electron chi connectivity index (χ3n) is 2.53. The van der Waals surface area contributed by atoms with Crippen LogP contribution in [0.3, 0.4) is 0 Å². The van der Waals surface area contributed by atoms with Crippen LogP contribution in [0.4, 0.5) is 5.69 Å². The molecule has 0 aliphatic carbocycles. The van der Waals surface area contributed by atoms with Gasteiger partial charge in [0.1, 0.15) is 5.76 Å². The van der Waals surface area contributed by atoms with Crippen LogP contribution in [0.1, 0.15) is 21.9 Å². The largest absolute Gasteiger partial charge is 0.475 e. The van der Waals surface area contributed by atoms with Gasteiger partial charge in [-0.25, -0.2) is 4.79 Å². The molecule has 1 aromatic heterocycles. The number of carboxylic acid groups (broad SMARTS) is 1. The first kappa shape index (κ1) is 12.6.